The molecule has 0 aromatic rings. The molecule has 4 heteroatoms. The highest BCUT2D eigenvalue weighted by molar-refractivity contribution is 5.75. The van der Waals surface area contributed by atoms with Crippen LogP contribution in [-0.2, 0) is 9.53 Å². The molecule has 0 bridgehead atoms. The third kappa shape index (κ3) is 3.95. The molecule has 2 aliphatic rings. The Balaban J connectivity index is 1.73. The van der Waals surface area contributed by atoms with E-state index in [0.29, 0.717) is 5.41 Å². The quantitative estimate of drug-likeness (QED) is 0.758. The van der Waals surface area contributed by atoms with E-state index in [9.17, 15) is 4.79 Å². The van der Waals surface area contributed by atoms with Crippen molar-refractivity contribution >= 4 is 5.97 Å². The molecule has 1 aliphatic carbocycles. The second kappa shape index (κ2) is 7.41. The van der Waals surface area contributed by atoms with Crippen LogP contribution in [0, 0.1) is 5.41 Å². The molecule has 0 aromatic carbocycles. The Morgan fingerprint density at radius 2 is 1.90 bits per heavy atom. The Hall–Kier alpha value is -0.610. The van der Waals surface area contributed by atoms with Gasteiger partial charge in [0, 0.05) is 6.54 Å². The summed E-state index contributed by atoms with van der Waals surface area (Å²) >= 11 is 0. The van der Waals surface area contributed by atoms with Gasteiger partial charge >= 0.3 is 5.97 Å². The summed E-state index contributed by atoms with van der Waals surface area (Å²) in [4.78, 5) is 14.2. The van der Waals surface area contributed by atoms with Crippen LogP contribution in [0.15, 0.2) is 0 Å². The normalized spacial score (nSPS) is 23.9. The van der Waals surface area contributed by atoms with Gasteiger partial charge in [-0.1, -0.05) is 19.8 Å². The fourth-order valence-electron chi connectivity index (χ4n) is 3.88. The minimum Gasteiger partial charge on any atom is -0.468 e. The standard InChI is InChI=1S/C16H30N2O2/c1-3-17-14(15(19)20-2)6-11-18-12-9-16(10-13-18)7-4-5-8-16/h14,17H,3-13H2,1-2H3. The average Bonchev–Trinajstić information content (AvgIpc) is 2.93. The summed E-state index contributed by atoms with van der Waals surface area (Å²) in [7, 11) is 1.47. The monoisotopic (exact) mass is 282 g/mol. The molecule has 1 atom stereocenters. The van der Waals surface area contributed by atoms with Gasteiger partial charge in [-0.15, -0.1) is 0 Å². The maximum absolute atomic E-state index is 11.7. The van der Waals surface area contributed by atoms with Crippen molar-refractivity contribution in [2.75, 3.05) is 33.3 Å². The van der Waals surface area contributed by atoms with E-state index in [1.54, 1.807) is 0 Å². The van der Waals surface area contributed by atoms with Crippen molar-refractivity contribution in [3.63, 3.8) is 0 Å². The smallest absolute Gasteiger partial charge is 0.322 e. The van der Waals surface area contributed by atoms with Gasteiger partial charge in [-0.2, -0.15) is 0 Å². The molecule has 1 unspecified atom stereocenters. The van der Waals surface area contributed by atoms with Crippen molar-refractivity contribution in [2.45, 2.75) is 57.9 Å². The molecular formula is C16H30N2O2. The van der Waals surface area contributed by atoms with Gasteiger partial charge in [-0.3, -0.25) is 4.79 Å². The summed E-state index contributed by atoms with van der Waals surface area (Å²) in [6.07, 6.45) is 9.34. The molecule has 1 spiro atoms. The number of nitrogens with one attached hydrogen (secondary N) is 1. The van der Waals surface area contributed by atoms with Crippen LogP contribution in [0.1, 0.15) is 51.9 Å². The molecule has 2 fully saturated rings. The number of hydrogen-bond donors (Lipinski definition) is 1. The molecule has 2 rings (SSSR count). The van der Waals surface area contributed by atoms with Gasteiger partial charge in [-0.25, -0.2) is 0 Å². The molecule has 1 N–H and O–H groups in total. The number of hydrogen-bond acceptors (Lipinski definition) is 4. The predicted octanol–water partition coefficient (Wildman–Crippen LogP) is 2.18. The van der Waals surface area contributed by atoms with E-state index < -0.39 is 0 Å². The SMILES string of the molecule is CCNC(CCN1CCC2(CCCC2)CC1)C(=O)OC. The van der Waals surface area contributed by atoms with E-state index in [4.69, 9.17) is 4.74 Å². The number of likely N-dealkylation sites (N-methyl/N-ethyl adjacent to an activating group) is 1. The van der Waals surface area contributed by atoms with Crippen LogP contribution in [0.3, 0.4) is 0 Å². The van der Waals surface area contributed by atoms with Crippen molar-refractivity contribution in [3.8, 4) is 0 Å². The molecule has 0 aromatic heterocycles. The van der Waals surface area contributed by atoms with Crippen LogP contribution in [0.4, 0.5) is 0 Å². The summed E-state index contributed by atoms with van der Waals surface area (Å²) in [5, 5.41) is 3.22. The lowest BCUT2D eigenvalue weighted by atomic mass is 9.77. The zero-order valence-corrected chi connectivity index (χ0v) is 13.1. The Bertz CT molecular complexity index is 304. The number of methoxy groups -OCH3 is 1. The van der Waals surface area contributed by atoms with Crippen molar-refractivity contribution in [2.24, 2.45) is 5.41 Å². The third-order valence-corrected chi connectivity index (χ3v) is 5.25. The first-order valence-corrected chi connectivity index (χ1v) is 8.23. The van der Waals surface area contributed by atoms with E-state index in [-0.39, 0.29) is 12.0 Å². The summed E-state index contributed by atoms with van der Waals surface area (Å²) in [5.74, 6) is -0.129. The Morgan fingerprint density at radius 3 is 2.45 bits per heavy atom. The Kier molecular flexibility index (Phi) is 5.85. The van der Waals surface area contributed by atoms with Crippen molar-refractivity contribution in [1.82, 2.24) is 10.2 Å². The number of nitrogens with zero attached hydrogens (tertiary/aromatic N) is 1. The zero-order chi connectivity index (χ0) is 14.4. The molecule has 1 saturated heterocycles. The number of carbonyl (C=O) groups is 1. The molecule has 4 nitrogen and oxygen atoms in total. The maximum atomic E-state index is 11.7. The summed E-state index contributed by atoms with van der Waals surface area (Å²) in [5.41, 5.74) is 0.680. The van der Waals surface area contributed by atoms with Crippen molar-refractivity contribution in [3.05, 3.63) is 0 Å². The van der Waals surface area contributed by atoms with Crippen molar-refractivity contribution < 1.29 is 9.53 Å². The number of ether oxygens (including phenoxy) is 1. The first-order valence-electron chi connectivity index (χ1n) is 8.23. The molecule has 1 saturated carbocycles. The van der Waals surface area contributed by atoms with Crippen LogP contribution in [0.25, 0.3) is 0 Å². The molecule has 1 aliphatic heterocycles. The lowest BCUT2D eigenvalue weighted by molar-refractivity contribution is -0.143. The fraction of sp³-hybridized carbons (Fsp3) is 0.938. The molecule has 1 heterocycles. The highest BCUT2D eigenvalue weighted by Gasteiger charge is 2.36. The van der Waals surface area contributed by atoms with E-state index in [2.05, 4.69) is 10.2 Å². The minimum atomic E-state index is -0.146. The van der Waals surface area contributed by atoms with Crippen LogP contribution < -0.4 is 5.32 Å². The second-order valence-electron chi connectivity index (χ2n) is 6.47. The second-order valence-corrected chi connectivity index (χ2v) is 6.47. The molecule has 0 amide bonds. The van der Waals surface area contributed by atoms with Gasteiger partial charge in [0.25, 0.3) is 0 Å². The highest BCUT2D eigenvalue weighted by Crippen LogP contribution is 2.46. The zero-order valence-electron chi connectivity index (χ0n) is 13.1. The van der Waals surface area contributed by atoms with Gasteiger partial charge in [-0.05, 0) is 57.2 Å². The number of carbonyl (C=O) groups excluding carboxylic acids is 1. The first kappa shape index (κ1) is 15.8. The Labute approximate surface area is 123 Å². The topological polar surface area (TPSA) is 41.6 Å². The largest absolute Gasteiger partial charge is 0.468 e. The van der Waals surface area contributed by atoms with Crippen LogP contribution in [0.2, 0.25) is 0 Å². The van der Waals surface area contributed by atoms with E-state index in [1.807, 2.05) is 6.92 Å². The summed E-state index contributed by atoms with van der Waals surface area (Å²) in [6, 6.07) is -0.146. The maximum Gasteiger partial charge on any atom is 0.322 e. The molecule has 20 heavy (non-hydrogen) atoms. The highest BCUT2D eigenvalue weighted by atomic mass is 16.5. The van der Waals surface area contributed by atoms with Crippen LogP contribution in [-0.4, -0.2) is 50.2 Å². The number of esters is 1. The first-order chi connectivity index (χ1) is 9.69. The average molecular weight is 282 g/mol. The van der Waals surface area contributed by atoms with E-state index >= 15 is 0 Å². The lowest BCUT2D eigenvalue weighted by Gasteiger charge is -2.39. The van der Waals surface area contributed by atoms with E-state index in [0.717, 1.165) is 19.5 Å². The summed E-state index contributed by atoms with van der Waals surface area (Å²) in [6.45, 7) is 6.26. The predicted molar refractivity (Wildman–Crippen MR) is 80.7 cm³/mol. The molecule has 0 radical (unpaired) electrons. The fourth-order valence-corrected chi connectivity index (χ4v) is 3.88. The van der Waals surface area contributed by atoms with E-state index in [1.165, 1.54) is 58.7 Å². The van der Waals surface area contributed by atoms with Crippen molar-refractivity contribution in [1.29, 1.82) is 0 Å². The third-order valence-electron chi connectivity index (χ3n) is 5.25. The Morgan fingerprint density at radius 1 is 1.25 bits per heavy atom. The number of piperidine rings is 1. The molecule has 116 valence electrons. The number of rotatable bonds is 6. The minimum absolute atomic E-state index is 0.129. The van der Waals surface area contributed by atoms with Gasteiger partial charge in [0.05, 0.1) is 7.11 Å². The lowest BCUT2D eigenvalue weighted by Crippen LogP contribution is -2.43. The summed E-state index contributed by atoms with van der Waals surface area (Å²) < 4.78 is 4.86. The van der Waals surface area contributed by atoms with Gasteiger partial charge in [0.2, 0.25) is 0 Å². The number of likely N-dealkylation sites (tertiary alicyclic amines) is 1. The van der Waals surface area contributed by atoms with Crippen LogP contribution >= 0.6 is 0 Å². The van der Waals surface area contributed by atoms with Gasteiger partial charge in [0.15, 0.2) is 0 Å². The van der Waals surface area contributed by atoms with Crippen LogP contribution in [0.5, 0.6) is 0 Å². The molecular weight excluding hydrogens is 252 g/mol. The van der Waals surface area contributed by atoms with Gasteiger partial charge in [0.1, 0.15) is 6.04 Å². The van der Waals surface area contributed by atoms with Gasteiger partial charge < -0.3 is 15.0 Å².